The van der Waals surface area contributed by atoms with Gasteiger partial charge in [-0.15, -0.1) is 0 Å². The van der Waals surface area contributed by atoms with Crippen LogP contribution in [0.2, 0.25) is 0 Å². The molecule has 1 aliphatic rings. The molecule has 1 aliphatic heterocycles. The van der Waals surface area contributed by atoms with E-state index in [9.17, 15) is 9.59 Å². The van der Waals surface area contributed by atoms with E-state index in [-0.39, 0.29) is 12.6 Å². The predicted molar refractivity (Wildman–Crippen MR) is 94.2 cm³/mol. The molecule has 130 valence electrons. The fourth-order valence-electron chi connectivity index (χ4n) is 2.41. The van der Waals surface area contributed by atoms with Crippen molar-refractivity contribution in [3.05, 3.63) is 59.7 Å². The summed E-state index contributed by atoms with van der Waals surface area (Å²) in [5.41, 5.74) is 1.48. The third kappa shape index (κ3) is 4.45. The van der Waals surface area contributed by atoms with Crippen molar-refractivity contribution in [1.82, 2.24) is 4.90 Å². The normalized spacial score (nSPS) is 13.1. The van der Waals surface area contributed by atoms with Crippen molar-refractivity contribution >= 4 is 23.0 Å². The third-order valence-corrected chi connectivity index (χ3v) is 4.42. The van der Waals surface area contributed by atoms with Gasteiger partial charge in [-0.25, -0.2) is 4.79 Å². The standard InChI is InChI=1S/C18H17NO5S/c20-17-15-3-1-2-4-16(15)24-12-19(17)9-10-23-14-7-5-13(6-8-14)11-25-18(21)22/h1-8H,9-12H2,(H,21,22). The Kier molecular flexibility index (Phi) is 5.45. The van der Waals surface area contributed by atoms with Crippen molar-refractivity contribution in [3.63, 3.8) is 0 Å². The lowest BCUT2D eigenvalue weighted by molar-refractivity contribution is 0.0482. The van der Waals surface area contributed by atoms with E-state index in [2.05, 4.69) is 0 Å². The Bertz CT molecular complexity index is 762. The highest BCUT2D eigenvalue weighted by atomic mass is 32.2. The molecule has 0 saturated heterocycles. The number of hydrogen-bond acceptors (Lipinski definition) is 5. The summed E-state index contributed by atoms with van der Waals surface area (Å²) in [6, 6.07) is 14.4. The van der Waals surface area contributed by atoms with Crippen molar-refractivity contribution in [2.45, 2.75) is 5.75 Å². The fraction of sp³-hybridized carbons (Fsp3) is 0.222. The van der Waals surface area contributed by atoms with Crippen molar-refractivity contribution in [1.29, 1.82) is 0 Å². The number of rotatable bonds is 6. The first kappa shape index (κ1) is 17.2. The molecule has 0 aromatic heterocycles. The monoisotopic (exact) mass is 359 g/mol. The average Bonchev–Trinajstić information content (AvgIpc) is 2.63. The highest BCUT2D eigenvalue weighted by Gasteiger charge is 2.24. The second-order valence-electron chi connectivity index (χ2n) is 5.39. The molecule has 6 nitrogen and oxygen atoms in total. The third-order valence-electron chi connectivity index (χ3n) is 3.70. The lowest BCUT2D eigenvalue weighted by atomic mass is 10.1. The summed E-state index contributed by atoms with van der Waals surface area (Å²) >= 11 is 0.839. The van der Waals surface area contributed by atoms with Gasteiger partial charge in [0, 0.05) is 5.75 Å². The van der Waals surface area contributed by atoms with E-state index >= 15 is 0 Å². The minimum Gasteiger partial charge on any atom is -0.492 e. The summed E-state index contributed by atoms with van der Waals surface area (Å²) in [7, 11) is 0. The zero-order valence-corrected chi connectivity index (χ0v) is 14.2. The summed E-state index contributed by atoms with van der Waals surface area (Å²) in [5, 5.41) is 7.75. The number of nitrogens with zero attached hydrogens (tertiary/aromatic N) is 1. The number of amides is 1. The van der Waals surface area contributed by atoms with Crippen LogP contribution in [-0.2, 0) is 5.75 Å². The number of ether oxygens (including phenoxy) is 2. The van der Waals surface area contributed by atoms with Crippen molar-refractivity contribution in [2.24, 2.45) is 0 Å². The number of carbonyl (C=O) groups excluding carboxylic acids is 1. The summed E-state index contributed by atoms with van der Waals surface area (Å²) < 4.78 is 11.2. The lowest BCUT2D eigenvalue weighted by Crippen LogP contribution is -2.40. The van der Waals surface area contributed by atoms with Crippen LogP contribution in [0.25, 0.3) is 0 Å². The Morgan fingerprint density at radius 3 is 2.72 bits per heavy atom. The van der Waals surface area contributed by atoms with Crippen LogP contribution in [0.3, 0.4) is 0 Å². The van der Waals surface area contributed by atoms with Crippen LogP contribution in [0.4, 0.5) is 4.79 Å². The quantitative estimate of drug-likeness (QED) is 0.851. The van der Waals surface area contributed by atoms with E-state index in [1.165, 1.54) is 0 Å². The van der Waals surface area contributed by atoms with Crippen LogP contribution in [0, 0.1) is 0 Å². The van der Waals surface area contributed by atoms with Crippen molar-refractivity contribution in [2.75, 3.05) is 19.9 Å². The van der Waals surface area contributed by atoms with E-state index in [0.717, 1.165) is 17.3 Å². The summed E-state index contributed by atoms with van der Waals surface area (Å²) in [6.07, 6.45) is 0. The molecule has 0 aliphatic carbocycles. The minimum atomic E-state index is -0.893. The van der Waals surface area contributed by atoms with Gasteiger partial charge in [-0.1, -0.05) is 24.3 Å². The number of carbonyl (C=O) groups is 2. The SMILES string of the molecule is O=C(O)SCc1ccc(OCCN2COc3ccccc3C2=O)cc1. The number of benzene rings is 2. The van der Waals surface area contributed by atoms with Crippen LogP contribution in [0.1, 0.15) is 15.9 Å². The second-order valence-corrected chi connectivity index (χ2v) is 6.31. The van der Waals surface area contributed by atoms with Gasteiger partial charge in [0.15, 0.2) is 6.73 Å². The highest BCUT2D eigenvalue weighted by Crippen LogP contribution is 2.24. The fourth-order valence-corrected chi connectivity index (χ4v) is 2.89. The molecule has 2 aromatic carbocycles. The van der Waals surface area contributed by atoms with E-state index in [4.69, 9.17) is 14.6 Å². The van der Waals surface area contributed by atoms with Gasteiger partial charge >= 0.3 is 5.30 Å². The molecule has 7 heteroatoms. The first-order chi connectivity index (χ1) is 12.1. The maximum absolute atomic E-state index is 12.4. The number of para-hydroxylation sites is 1. The Balaban J connectivity index is 1.48. The lowest BCUT2D eigenvalue weighted by Gasteiger charge is -2.28. The maximum Gasteiger partial charge on any atom is 0.365 e. The van der Waals surface area contributed by atoms with Crippen molar-refractivity contribution in [3.8, 4) is 11.5 Å². The van der Waals surface area contributed by atoms with Gasteiger partial charge in [-0.05, 0) is 41.6 Å². The zero-order chi connectivity index (χ0) is 17.6. The van der Waals surface area contributed by atoms with Crippen LogP contribution in [-0.4, -0.2) is 41.1 Å². The smallest absolute Gasteiger partial charge is 0.365 e. The Morgan fingerprint density at radius 2 is 1.96 bits per heavy atom. The van der Waals surface area contributed by atoms with Gasteiger partial charge in [0.05, 0.1) is 12.1 Å². The molecule has 0 radical (unpaired) electrons. The van der Waals surface area contributed by atoms with Gasteiger partial charge in [-0.2, -0.15) is 0 Å². The molecular weight excluding hydrogens is 342 g/mol. The van der Waals surface area contributed by atoms with Crippen LogP contribution < -0.4 is 9.47 Å². The van der Waals surface area contributed by atoms with Gasteiger partial charge in [-0.3, -0.25) is 4.79 Å². The molecule has 3 rings (SSSR count). The topological polar surface area (TPSA) is 76.1 Å². The predicted octanol–water partition coefficient (Wildman–Crippen LogP) is 3.47. The van der Waals surface area contributed by atoms with Crippen LogP contribution in [0.5, 0.6) is 11.5 Å². The van der Waals surface area contributed by atoms with Gasteiger partial charge in [0.2, 0.25) is 0 Å². The summed E-state index contributed by atoms with van der Waals surface area (Å²) in [4.78, 5) is 24.5. The molecule has 0 saturated carbocycles. The van der Waals surface area contributed by atoms with Gasteiger partial charge < -0.3 is 19.5 Å². The molecule has 0 spiro atoms. The van der Waals surface area contributed by atoms with E-state index in [0.29, 0.717) is 36.0 Å². The Hall–Kier alpha value is -2.67. The molecule has 1 N–H and O–H groups in total. The number of thioether (sulfide) groups is 1. The number of carboxylic acid groups (broad SMARTS) is 1. The molecule has 0 unspecified atom stereocenters. The van der Waals surface area contributed by atoms with E-state index in [1.807, 2.05) is 24.3 Å². The van der Waals surface area contributed by atoms with Gasteiger partial charge in [0.25, 0.3) is 5.91 Å². The second kappa shape index (κ2) is 7.94. The van der Waals surface area contributed by atoms with Crippen LogP contribution >= 0.6 is 11.8 Å². The molecular formula is C18H17NO5S. The Morgan fingerprint density at radius 1 is 1.20 bits per heavy atom. The summed E-state index contributed by atoms with van der Waals surface area (Å²) in [6.45, 7) is 0.981. The highest BCUT2D eigenvalue weighted by molar-refractivity contribution is 8.12. The van der Waals surface area contributed by atoms with E-state index in [1.54, 1.807) is 29.2 Å². The van der Waals surface area contributed by atoms with Crippen LogP contribution in [0.15, 0.2) is 48.5 Å². The minimum absolute atomic E-state index is 0.0634. The maximum atomic E-state index is 12.4. The first-order valence-electron chi connectivity index (χ1n) is 7.72. The molecule has 1 amide bonds. The first-order valence-corrected chi connectivity index (χ1v) is 8.70. The van der Waals surface area contributed by atoms with Crippen molar-refractivity contribution < 1.29 is 24.2 Å². The molecule has 0 atom stereocenters. The Labute approximate surface area is 149 Å². The zero-order valence-electron chi connectivity index (χ0n) is 13.4. The number of hydrogen-bond donors (Lipinski definition) is 1. The molecule has 25 heavy (non-hydrogen) atoms. The molecule has 1 heterocycles. The molecule has 2 aromatic rings. The molecule has 0 bridgehead atoms. The summed E-state index contributed by atoms with van der Waals surface area (Å²) in [5.74, 6) is 1.63. The molecule has 0 fully saturated rings. The van der Waals surface area contributed by atoms with Gasteiger partial charge in [0.1, 0.15) is 18.1 Å². The van der Waals surface area contributed by atoms with E-state index < -0.39 is 5.30 Å². The largest absolute Gasteiger partial charge is 0.492 e. The average molecular weight is 359 g/mol. The number of fused-ring (bicyclic) bond motifs is 1.